The van der Waals surface area contributed by atoms with Gasteiger partial charge < -0.3 is 14.2 Å². The third kappa shape index (κ3) is 6.08. The van der Waals surface area contributed by atoms with Gasteiger partial charge in [-0.05, 0) is 19.4 Å². The normalized spacial score (nSPS) is 10.7. The highest BCUT2D eigenvalue weighted by Crippen LogP contribution is 2.12. The summed E-state index contributed by atoms with van der Waals surface area (Å²) in [5.41, 5.74) is 0.377. The van der Waals surface area contributed by atoms with Crippen LogP contribution in [0.2, 0.25) is 0 Å². The average Bonchev–Trinajstić information content (AvgIpc) is 2.58. The molecule has 0 unspecified atom stereocenters. The molecule has 0 aliphatic heterocycles. The Bertz CT molecular complexity index is 630. The minimum absolute atomic E-state index is 0.0495. The van der Waals surface area contributed by atoms with Crippen LogP contribution in [0, 0.1) is 0 Å². The Morgan fingerprint density at radius 2 is 1.62 bits per heavy atom. The standard InChI is InChI=1S/C18H20O6/c1-4-22-16(19)11-15(17(20)13(3)18(21)23-5-2)24-12-14-9-7-6-8-10-14/h6-11H,3-5,12H2,1-2H3/b15-11-. The Morgan fingerprint density at radius 3 is 2.21 bits per heavy atom. The molecule has 0 aliphatic carbocycles. The topological polar surface area (TPSA) is 78.9 Å². The van der Waals surface area contributed by atoms with Gasteiger partial charge in [-0.1, -0.05) is 36.9 Å². The number of ether oxygens (including phenoxy) is 3. The van der Waals surface area contributed by atoms with Gasteiger partial charge in [-0.3, -0.25) is 4.79 Å². The molecule has 0 spiro atoms. The number of rotatable bonds is 9. The highest BCUT2D eigenvalue weighted by molar-refractivity contribution is 6.23. The van der Waals surface area contributed by atoms with Crippen LogP contribution in [-0.4, -0.2) is 30.9 Å². The Hall–Kier alpha value is -2.89. The first kappa shape index (κ1) is 19.2. The molecule has 0 bridgehead atoms. The molecule has 0 radical (unpaired) electrons. The van der Waals surface area contributed by atoms with Crippen molar-refractivity contribution < 1.29 is 28.6 Å². The van der Waals surface area contributed by atoms with Gasteiger partial charge in [-0.15, -0.1) is 0 Å². The fourth-order valence-corrected chi connectivity index (χ4v) is 1.66. The lowest BCUT2D eigenvalue weighted by atomic mass is 10.1. The van der Waals surface area contributed by atoms with Crippen LogP contribution in [0.25, 0.3) is 0 Å². The summed E-state index contributed by atoms with van der Waals surface area (Å²) in [6, 6.07) is 9.06. The SMILES string of the molecule is C=C(C(=O)OCC)C(=O)/C(=C/C(=O)OCC)OCc1ccccc1. The largest absolute Gasteiger partial charge is 0.484 e. The monoisotopic (exact) mass is 332 g/mol. The molecule has 0 fully saturated rings. The Morgan fingerprint density at radius 1 is 1.00 bits per heavy atom. The summed E-state index contributed by atoms with van der Waals surface area (Å²) in [6.07, 6.45) is 0.902. The van der Waals surface area contributed by atoms with E-state index >= 15 is 0 Å². The lowest BCUT2D eigenvalue weighted by Crippen LogP contribution is -2.19. The number of Topliss-reactive ketones (excluding diaryl/α,β-unsaturated/α-hetero) is 1. The summed E-state index contributed by atoms with van der Waals surface area (Å²) in [4.78, 5) is 35.6. The number of carbonyl (C=O) groups excluding carboxylic acids is 3. The van der Waals surface area contributed by atoms with Crippen LogP contribution in [0.3, 0.4) is 0 Å². The van der Waals surface area contributed by atoms with Crippen molar-refractivity contribution in [1.82, 2.24) is 0 Å². The first-order valence-corrected chi connectivity index (χ1v) is 7.45. The minimum atomic E-state index is -0.861. The van der Waals surface area contributed by atoms with Gasteiger partial charge >= 0.3 is 11.9 Å². The molecular weight excluding hydrogens is 312 g/mol. The van der Waals surface area contributed by atoms with Gasteiger partial charge in [0, 0.05) is 0 Å². The van der Waals surface area contributed by atoms with Gasteiger partial charge in [0.25, 0.3) is 0 Å². The first-order valence-electron chi connectivity index (χ1n) is 7.45. The van der Waals surface area contributed by atoms with Crippen molar-refractivity contribution >= 4 is 17.7 Å². The van der Waals surface area contributed by atoms with Gasteiger partial charge in [0.2, 0.25) is 5.78 Å². The molecular formula is C18H20O6. The summed E-state index contributed by atoms with van der Waals surface area (Å²) in [7, 11) is 0. The quantitative estimate of drug-likeness (QED) is 0.227. The number of hydrogen-bond acceptors (Lipinski definition) is 6. The van der Waals surface area contributed by atoms with Crippen molar-refractivity contribution in [3.8, 4) is 0 Å². The van der Waals surface area contributed by atoms with E-state index in [9.17, 15) is 14.4 Å². The molecule has 0 aliphatic rings. The van der Waals surface area contributed by atoms with E-state index in [0.29, 0.717) is 0 Å². The van der Waals surface area contributed by atoms with Crippen LogP contribution in [0.15, 0.2) is 54.3 Å². The number of allylic oxidation sites excluding steroid dienone is 1. The maximum Gasteiger partial charge on any atom is 0.341 e. The summed E-state index contributed by atoms with van der Waals surface area (Å²) < 4.78 is 14.9. The average molecular weight is 332 g/mol. The van der Waals surface area contributed by atoms with E-state index < -0.39 is 23.3 Å². The van der Waals surface area contributed by atoms with Gasteiger partial charge in [0.1, 0.15) is 12.2 Å². The second-order valence-electron chi connectivity index (χ2n) is 4.56. The molecule has 0 saturated carbocycles. The Balaban J connectivity index is 2.92. The maximum absolute atomic E-state index is 12.3. The third-order valence-electron chi connectivity index (χ3n) is 2.79. The molecule has 0 atom stereocenters. The lowest BCUT2D eigenvalue weighted by molar-refractivity contribution is -0.141. The van der Waals surface area contributed by atoms with Crippen LogP contribution in [0.5, 0.6) is 0 Å². The summed E-state index contributed by atoms with van der Waals surface area (Å²) in [5, 5.41) is 0. The van der Waals surface area contributed by atoms with Crippen molar-refractivity contribution in [3.05, 3.63) is 59.9 Å². The highest BCUT2D eigenvalue weighted by atomic mass is 16.5. The molecule has 0 aromatic heterocycles. The highest BCUT2D eigenvalue weighted by Gasteiger charge is 2.23. The minimum Gasteiger partial charge on any atom is -0.484 e. The molecule has 24 heavy (non-hydrogen) atoms. The van der Waals surface area contributed by atoms with Gasteiger partial charge in [-0.25, -0.2) is 9.59 Å². The number of benzene rings is 1. The van der Waals surface area contributed by atoms with Crippen molar-refractivity contribution in [2.45, 2.75) is 20.5 Å². The van der Waals surface area contributed by atoms with Gasteiger partial charge in [-0.2, -0.15) is 0 Å². The van der Waals surface area contributed by atoms with Crippen molar-refractivity contribution in [2.24, 2.45) is 0 Å². The third-order valence-corrected chi connectivity index (χ3v) is 2.79. The molecule has 1 aromatic rings. The van der Waals surface area contributed by atoms with Crippen LogP contribution < -0.4 is 0 Å². The van der Waals surface area contributed by atoms with E-state index in [-0.39, 0.29) is 25.6 Å². The first-order chi connectivity index (χ1) is 11.5. The fraction of sp³-hybridized carbons (Fsp3) is 0.278. The number of ketones is 1. The lowest BCUT2D eigenvalue weighted by Gasteiger charge is -2.11. The van der Waals surface area contributed by atoms with Crippen LogP contribution in [0.1, 0.15) is 19.4 Å². The zero-order valence-electron chi connectivity index (χ0n) is 13.7. The van der Waals surface area contributed by atoms with E-state index in [1.54, 1.807) is 26.0 Å². The second-order valence-corrected chi connectivity index (χ2v) is 4.56. The summed E-state index contributed by atoms with van der Waals surface area (Å²) in [5.74, 6) is -2.75. The predicted molar refractivity (Wildman–Crippen MR) is 86.7 cm³/mol. The van der Waals surface area contributed by atoms with Gasteiger partial charge in [0.15, 0.2) is 5.76 Å². The predicted octanol–water partition coefficient (Wildman–Crippen LogP) is 2.34. The van der Waals surface area contributed by atoms with E-state index in [1.165, 1.54) is 0 Å². The van der Waals surface area contributed by atoms with Crippen molar-refractivity contribution in [3.63, 3.8) is 0 Å². The van der Waals surface area contributed by atoms with E-state index in [0.717, 1.165) is 11.6 Å². The molecule has 1 rings (SSSR count). The smallest absolute Gasteiger partial charge is 0.341 e. The number of esters is 2. The van der Waals surface area contributed by atoms with Crippen molar-refractivity contribution in [2.75, 3.05) is 13.2 Å². The maximum atomic E-state index is 12.3. The second kappa shape index (κ2) is 9.99. The zero-order valence-corrected chi connectivity index (χ0v) is 13.7. The Kier molecular flexibility index (Phi) is 7.98. The molecule has 0 saturated heterocycles. The van der Waals surface area contributed by atoms with Gasteiger partial charge in [0.05, 0.1) is 19.3 Å². The van der Waals surface area contributed by atoms with Crippen molar-refractivity contribution in [1.29, 1.82) is 0 Å². The summed E-state index contributed by atoms with van der Waals surface area (Å²) in [6.45, 7) is 6.95. The summed E-state index contributed by atoms with van der Waals surface area (Å²) >= 11 is 0. The molecule has 1 aromatic carbocycles. The van der Waals surface area contributed by atoms with E-state index in [4.69, 9.17) is 14.2 Å². The van der Waals surface area contributed by atoms with Crippen LogP contribution >= 0.6 is 0 Å². The molecule has 6 nitrogen and oxygen atoms in total. The number of carbonyl (C=O) groups is 3. The Labute approximate surface area is 140 Å². The molecule has 0 amide bonds. The molecule has 0 heterocycles. The fourth-order valence-electron chi connectivity index (χ4n) is 1.66. The molecule has 0 N–H and O–H groups in total. The van der Waals surface area contributed by atoms with Crippen LogP contribution in [-0.2, 0) is 35.2 Å². The molecule has 128 valence electrons. The number of hydrogen-bond donors (Lipinski definition) is 0. The van der Waals surface area contributed by atoms with E-state index in [1.807, 2.05) is 18.2 Å². The van der Waals surface area contributed by atoms with Crippen LogP contribution in [0.4, 0.5) is 0 Å². The van der Waals surface area contributed by atoms with E-state index in [2.05, 4.69) is 6.58 Å². The zero-order chi connectivity index (χ0) is 17.9. The molecule has 6 heteroatoms.